The van der Waals surface area contributed by atoms with Crippen LogP contribution >= 0.6 is 0 Å². The SMILES string of the molecule is CC=N/C(=C\C)C1=NC(c2ccccc2O)C(C(=O)OC)=C(C)N1. The molecule has 0 aromatic heterocycles. The summed E-state index contributed by atoms with van der Waals surface area (Å²) in [5, 5.41) is 13.3. The summed E-state index contributed by atoms with van der Waals surface area (Å²) >= 11 is 0. The number of hydrogen-bond acceptors (Lipinski definition) is 6. The number of ether oxygens (including phenoxy) is 1. The summed E-state index contributed by atoms with van der Waals surface area (Å²) in [6.45, 7) is 5.45. The molecule has 0 bridgehead atoms. The summed E-state index contributed by atoms with van der Waals surface area (Å²) in [5.74, 6) is 0.119. The van der Waals surface area contributed by atoms with E-state index in [1.807, 2.05) is 19.9 Å². The fraction of sp³-hybridized carbons (Fsp3) is 0.278. The highest BCUT2D eigenvalue weighted by Crippen LogP contribution is 2.36. The van der Waals surface area contributed by atoms with Crippen LogP contribution in [0.5, 0.6) is 5.75 Å². The largest absolute Gasteiger partial charge is 0.508 e. The number of aromatic hydroxyl groups is 1. The summed E-state index contributed by atoms with van der Waals surface area (Å²) in [7, 11) is 1.32. The lowest BCUT2D eigenvalue weighted by molar-refractivity contribution is -0.136. The minimum absolute atomic E-state index is 0.0720. The molecule has 6 nitrogen and oxygen atoms in total. The van der Waals surface area contributed by atoms with E-state index in [2.05, 4.69) is 15.3 Å². The topological polar surface area (TPSA) is 83.3 Å². The van der Waals surface area contributed by atoms with E-state index in [1.54, 1.807) is 37.4 Å². The number of nitrogens with one attached hydrogen (secondary N) is 1. The lowest BCUT2D eigenvalue weighted by Crippen LogP contribution is -2.32. The zero-order valence-corrected chi connectivity index (χ0v) is 14.2. The van der Waals surface area contributed by atoms with Gasteiger partial charge in [0.15, 0.2) is 5.84 Å². The Kier molecular flexibility index (Phi) is 5.52. The average Bonchev–Trinajstić information content (AvgIpc) is 2.58. The number of rotatable bonds is 4. The third-order valence-electron chi connectivity index (χ3n) is 3.66. The number of phenolic OH excluding ortho intramolecular Hbond substituents is 1. The van der Waals surface area contributed by atoms with Gasteiger partial charge in [0, 0.05) is 17.5 Å². The molecule has 1 aromatic carbocycles. The summed E-state index contributed by atoms with van der Waals surface area (Å²) in [6.07, 6.45) is 3.49. The smallest absolute Gasteiger partial charge is 0.338 e. The Morgan fingerprint density at radius 3 is 2.67 bits per heavy atom. The van der Waals surface area contributed by atoms with Crippen molar-refractivity contribution in [2.24, 2.45) is 9.98 Å². The van der Waals surface area contributed by atoms with E-state index < -0.39 is 12.0 Å². The van der Waals surface area contributed by atoms with E-state index in [9.17, 15) is 9.90 Å². The lowest BCUT2D eigenvalue weighted by Gasteiger charge is -2.26. The fourth-order valence-corrected chi connectivity index (χ4v) is 2.54. The first-order valence-electron chi connectivity index (χ1n) is 7.60. The molecule has 2 rings (SSSR count). The van der Waals surface area contributed by atoms with Crippen molar-refractivity contribution in [1.29, 1.82) is 0 Å². The predicted molar refractivity (Wildman–Crippen MR) is 94.1 cm³/mol. The molecule has 2 N–H and O–H groups in total. The Hall–Kier alpha value is -2.89. The van der Waals surface area contributed by atoms with Crippen molar-refractivity contribution in [2.75, 3.05) is 7.11 Å². The number of phenols is 1. The van der Waals surface area contributed by atoms with E-state index in [1.165, 1.54) is 7.11 Å². The second kappa shape index (κ2) is 7.59. The average molecular weight is 327 g/mol. The van der Waals surface area contributed by atoms with Crippen LogP contribution in [0.15, 0.2) is 57.3 Å². The van der Waals surface area contributed by atoms with Crippen molar-refractivity contribution in [3.05, 3.63) is 52.9 Å². The van der Waals surface area contributed by atoms with Crippen LogP contribution in [0.3, 0.4) is 0 Å². The van der Waals surface area contributed by atoms with Gasteiger partial charge >= 0.3 is 5.97 Å². The van der Waals surface area contributed by atoms with Gasteiger partial charge < -0.3 is 15.2 Å². The summed E-state index contributed by atoms with van der Waals surface area (Å²) < 4.78 is 4.89. The van der Waals surface area contributed by atoms with E-state index >= 15 is 0 Å². The van der Waals surface area contributed by atoms with Crippen molar-refractivity contribution >= 4 is 18.0 Å². The number of para-hydroxylation sites is 1. The van der Waals surface area contributed by atoms with Gasteiger partial charge in [0.25, 0.3) is 0 Å². The molecule has 0 saturated heterocycles. The Balaban J connectivity index is 2.61. The van der Waals surface area contributed by atoms with Crippen LogP contribution < -0.4 is 5.32 Å². The highest BCUT2D eigenvalue weighted by molar-refractivity contribution is 6.03. The van der Waals surface area contributed by atoms with Crippen LogP contribution in [0.25, 0.3) is 0 Å². The maximum absolute atomic E-state index is 12.2. The molecule has 126 valence electrons. The van der Waals surface area contributed by atoms with Crippen LogP contribution in [-0.4, -0.2) is 30.2 Å². The van der Waals surface area contributed by atoms with Crippen molar-refractivity contribution in [2.45, 2.75) is 26.8 Å². The number of aliphatic imine (C=N–C) groups is 2. The zero-order chi connectivity index (χ0) is 17.7. The standard InChI is InChI=1S/C18H21N3O3/c1-5-13(19-6-2)17-20-11(3)15(18(23)24-4)16(21-17)12-9-7-8-10-14(12)22/h5-10,16,22H,1-4H3,(H,20,21)/b13-5-,19-6?. The van der Waals surface area contributed by atoms with Gasteiger partial charge in [-0.05, 0) is 26.8 Å². The minimum atomic E-state index is -0.670. The second-order valence-corrected chi connectivity index (χ2v) is 5.16. The number of allylic oxidation sites excluding steroid dienone is 2. The molecule has 0 saturated carbocycles. The molecule has 0 amide bonds. The van der Waals surface area contributed by atoms with Crippen LogP contribution in [0, 0.1) is 0 Å². The Morgan fingerprint density at radius 2 is 2.08 bits per heavy atom. The summed E-state index contributed by atoms with van der Waals surface area (Å²) in [4.78, 5) is 21.1. The fourth-order valence-electron chi connectivity index (χ4n) is 2.54. The number of carbonyl (C=O) groups excluding carboxylic acids is 1. The molecule has 0 fully saturated rings. The van der Waals surface area contributed by atoms with Gasteiger partial charge in [-0.2, -0.15) is 0 Å². The van der Waals surface area contributed by atoms with Gasteiger partial charge in [0.2, 0.25) is 0 Å². The molecule has 6 heteroatoms. The summed E-state index contributed by atoms with van der Waals surface area (Å²) in [5.41, 5.74) is 2.16. The van der Waals surface area contributed by atoms with Gasteiger partial charge in [-0.3, -0.25) is 9.98 Å². The van der Waals surface area contributed by atoms with E-state index in [0.29, 0.717) is 28.4 Å². The molecule has 1 heterocycles. The van der Waals surface area contributed by atoms with Crippen molar-refractivity contribution < 1.29 is 14.6 Å². The number of carbonyl (C=O) groups is 1. The predicted octanol–water partition coefficient (Wildman–Crippen LogP) is 2.88. The highest BCUT2D eigenvalue weighted by Gasteiger charge is 2.32. The number of methoxy groups -OCH3 is 1. The van der Waals surface area contributed by atoms with E-state index in [4.69, 9.17) is 4.74 Å². The number of amidine groups is 1. The molecule has 0 radical (unpaired) electrons. The zero-order valence-electron chi connectivity index (χ0n) is 14.2. The molecule has 1 aliphatic rings. The third kappa shape index (κ3) is 3.37. The van der Waals surface area contributed by atoms with Gasteiger partial charge in [0.1, 0.15) is 17.5 Å². The quantitative estimate of drug-likeness (QED) is 0.658. The van der Waals surface area contributed by atoms with Gasteiger partial charge in [0.05, 0.1) is 12.7 Å². The normalized spacial score (nSPS) is 18.4. The number of hydrogen-bond donors (Lipinski definition) is 2. The summed E-state index contributed by atoms with van der Waals surface area (Å²) in [6, 6.07) is 6.14. The van der Waals surface area contributed by atoms with E-state index in [-0.39, 0.29) is 5.75 Å². The van der Waals surface area contributed by atoms with E-state index in [0.717, 1.165) is 0 Å². The van der Waals surface area contributed by atoms with Gasteiger partial charge in [-0.15, -0.1) is 0 Å². The van der Waals surface area contributed by atoms with Crippen molar-refractivity contribution in [3.63, 3.8) is 0 Å². The first kappa shape index (κ1) is 17.5. The molecule has 0 spiro atoms. The maximum atomic E-state index is 12.2. The van der Waals surface area contributed by atoms with Gasteiger partial charge in [-0.1, -0.05) is 24.3 Å². The third-order valence-corrected chi connectivity index (χ3v) is 3.66. The number of esters is 1. The maximum Gasteiger partial charge on any atom is 0.338 e. The molecular weight excluding hydrogens is 306 g/mol. The minimum Gasteiger partial charge on any atom is -0.508 e. The van der Waals surface area contributed by atoms with Gasteiger partial charge in [-0.25, -0.2) is 4.79 Å². The molecule has 24 heavy (non-hydrogen) atoms. The molecule has 0 aliphatic carbocycles. The Labute approximate surface area is 141 Å². The second-order valence-electron chi connectivity index (χ2n) is 5.16. The van der Waals surface area contributed by atoms with Crippen molar-refractivity contribution in [1.82, 2.24) is 5.32 Å². The van der Waals surface area contributed by atoms with Crippen LogP contribution in [-0.2, 0) is 9.53 Å². The Morgan fingerprint density at radius 1 is 1.38 bits per heavy atom. The van der Waals surface area contributed by atoms with Crippen LogP contribution in [0.1, 0.15) is 32.4 Å². The Bertz CT molecular complexity index is 761. The molecule has 1 aromatic rings. The molecule has 1 unspecified atom stereocenters. The lowest BCUT2D eigenvalue weighted by atomic mass is 9.95. The molecule has 1 atom stereocenters. The first-order chi connectivity index (χ1) is 11.5. The molecule has 1 aliphatic heterocycles. The highest BCUT2D eigenvalue weighted by atomic mass is 16.5. The van der Waals surface area contributed by atoms with Crippen molar-refractivity contribution in [3.8, 4) is 5.75 Å². The molecular formula is C18H21N3O3. The number of nitrogens with zero attached hydrogens (tertiary/aromatic N) is 2. The van der Waals surface area contributed by atoms with Crippen LogP contribution in [0.4, 0.5) is 0 Å². The first-order valence-corrected chi connectivity index (χ1v) is 7.60. The monoisotopic (exact) mass is 327 g/mol. The number of benzene rings is 1. The van der Waals surface area contributed by atoms with Crippen LogP contribution in [0.2, 0.25) is 0 Å².